The number of hydrogen-bond acceptors (Lipinski definition) is 3. The van der Waals surface area contributed by atoms with Crippen molar-refractivity contribution in [3.63, 3.8) is 0 Å². The molecule has 0 spiro atoms. The maximum Gasteiger partial charge on any atom is 0.0639 e. The molecule has 0 aliphatic carbocycles. The molecule has 0 aromatic carbocycles. The summed E-state index contributed by atoms with van der Waals surface area (Å²) in [5.74, 6) is 5.37. The molecule has 3 nitrogen and oxygen atoms in total. The summed E-state index contributed by atoms with van der Waals surface area (Å²) < 4.78 is 0. The highest BCUT2D eigenvalue weighted by molar-refractivity contribution is 5.26. The van der Waals surface area contributed by atoms with Crippen molar-refractivity contribution in [2.45, 2.75) is 19.9 Å². The average Bonchev–Trinajstić information content (AvgIpc) is 2.04. The lowest BCUT2D eigenvalue weighted by Crippen LogP contribution is -2.26. The summed E-state index contributed by atoms with van der Waals surface area (Å²) in [5.41, 5.74) is 5.77. The normalized spacial score (nSPS) is 12.5. The molecular weight excluding hydrogens is 162 g/mol. The Balaban J connectivity index is 3.05. The summed E-state index contributed by atoms with van der Waals surface area (Å²) in [6.07, 6.45) is 1.77. The van der Waals surface area contributed by atoms with Crippen LogP contribution in [-0.2, 0) is 0 Å². The van der Waals surface area contributed by atoms with Crippen molar-refractivity contribution in [3.8, 4) is 0 Å². The average molecular weight is 177 g/mol. The summed E-state index contributed by atoms with van der Waals surface area (Å²) in [6, 6.07) is 4.00. The van der Waals surface area contributed by atoms with Gasteiger partial charge in [0.2, 0.25) is 0 Å². The first-order chi connectivity index (χ1) is 6.17. The molecule has 0 fully saturated rings. The number of rotatable bonds is 3. The van der Waals surface area contributed by atoms with E-state index in [4.69, 9.17) is 5.84 Å². The zero-order valence-electron chi connectivity index (χ0n) is 8.04. The number of hydrazine groups is 1. The molecule has 0 bridgehead atoms. The van der Waals surface area contributed by atoms with Gasteiger partial charge in [-0.05, 0) is 31.5 Å². The molecule has 1 unspecified atom stereocenters. The predicted octanol–water partition coefficient (Wildman–Crippen LogP) is 1.39. The molecule has 13 heavy (non-hydrogen) atoms. The molecule has 1 heterocycles. The van der Waals surface area contributed by atoms with E-state index in [9.17, 15) is 0 Å². The highest BCUT2D eigenvalue weighted by Gasteiger charge is 2.05. The monoisotopic (exact) mass is 177 g/mol. The minimum absolute atomic E-state index is 0.000370. The Morgan fingerprint density at radius 2 is 2.00 bits per heavy atom. The van der Waals surface area contributed by atoms with Gasteiger partial charge >= 0.3 is 0 Å². The van der Waals surface area contributed by atoms with Crippen molar-refractivity contribution in [1.82, 2.24) is 10.4 Å². The van der Waals surface area contributed by atoms with Gasteiger partial charge in [-0.25, -0.2) is 5.43 Å². The van der Waals surface area contributed by atoms with Crippen LogP contribution in [0.15, 0.2) is 24.8 Å². The number of hydrogen-bond donors (Lipinski definition) is 2. The molecule has 3 N–H and O–H groups in total. The molecule has 70 valence electrons. The van der Waals surface area contributed by atoms with Crippen LogP contribution >= 0.6 is 0 Å². The Bertz CT molecular complexity index is 287. The number of pyridine rings is 1. The van der Waals surface area contributed by atoms with Crippen LogP contribution in [0.1, 0.15) is 23.0 Å². The molecule has 0 saturated heterocycles. The van der Waals surface area contributed by atoms with Crippen LogP contribution in [0, 0.1) is 13.8 Å². The molecule has 0 radical (unpaired) electrons. The SMILES string of the molecule is C=CC(NN)c1cc(C)nc(C)c1. The number of nitrogens with one attached hydrogen (secondary N) is 1. The highest BCUT2D eigenvalue weighted by atomic mass is 15.2. The van der Waals surface area contributed by atoms with Gasteiger partial charge in [0, 0.05) is 11.4 Å². The predicted molar refractivity (Wildman–Crippen MR) is 54.0 cm³/mol. The summed E-state index contributed by atoms with van der Waals surface area (Å²) in [6.45, 7) is 7.64. The number of aromatic nitrogens is 1. The molecule has 1 rings (SSSR count). The van der Waals surface area contributed by atoms with Crippen LogP contribution in [0.4, 0.5) is 0 Å². The smallest absolute Gasteiger partial charge is 0.0639 e. The van der Waals surface area contributed by atoms with Crippen molar-refractivity contribution >= 4 is 0 Å². The summed E-state index contributed by atoms with van der Waals surface area (Å²) in [4.78, 5) is 4.28. The summed E-state index contributed by atoms with van der Waals surface area (Å²) in [5, 5.41) is 0. The largest absolute Gasteiger partial charge is 0.271 e. The highest BCUT2D eigenvalue weighted by Crippen LogP contribution is 2.14. The second-order valence-corrected chi connectivity index (χ2v) is 3.06. The van der Waals surface area contributed by atoms with E-state index in [2.05, 4.69) is 17.0 Å². The van der Waals surface area contributed by atoms with E-state index in [1.807, 2.05) is 26.0 Å². The fraction of sp³-hybridized carbons (Fsp3) is 0.300. The first-order valence-electron chi connectivity index (χ1n) is 4.21. The second-order valence-electron chi connectivity index (χ2n) is 3.06. The summed E-state index contributed by atoms with van der Waals surface area (Å²) in [7, 11) is 0. The van der Waals surface area contributed by atoms with Crippen molar-refractivity contribution < 1.29 is 0 Å². The molecule has 0 aliphatic heterocycles. The number of aryl methyl sites for hydroxylation is 2. The lowest BCUT2D eigenvalue weighted by Gasteiger charge is -2.12. The summed E-state index contributed by atoms with van der Waals surface area (Å²) >= 11 is 0. The first kappa shape index (κ1) is 9.89. The van der Waals surface area contributed by atoms with Crippen molar-refractivity contribution in [1.29, 1.82) is 0 Å². The van der Waals surface area contributed by atoms with Gasteiger partial charge in [-0.3, -0.25) is 10.8 Å². The maximum absolute atomic E-state index is 5.37. The van der Waals surface area contributed by atoms with E-state index < -0.39 is 0 Å². The van der Waals surface area contributed by atoms with Crippen molar-refractivity contribution in [3.05, 3.63) is 41.7 Å². The molecule has 1 aromatic heterocycles. The fourth-order valence-electron chi connectivity index (χ4n) is 1.35. The van der Waals surface area contributed by atoms with Crippen LogP contribution < -0.4 is 11.3 Å². The molecular formula is C10H15N3. The van der Waals surface area contributed by atoms with Crippen LogP contribution in [0.3, 0.4) is 0 Å². The van der Waals surface area contributed by atoms with Crippen LogP contribution in [0.25, 0.3) is 0 Å². The maximum atomic E-state index is 5.37. The Morgan fingerprint density at radius 3 is 2.38 bits per heavy atom. The van der Waals surface area contributed by atoms with Crippen LogP contribution in [-0.4, -0.2) is 4.98 Å². The minimum Gasteiger partial charge on any atom is -0.271 e. The van der Waals surface area contributed by atoms with E-state index in [1.54, 1.807) is 6.08 Å². The minimum atomic E-state index is 0.000370. The number of nitrogens with two attached hydrogens (primary N) is 1. The van der Waals surface area contributed by atoms with E-state index in [1.165, 1.54) is 0 Å². The molecule has 3 heteroatoms. The number of nitrogens with zero attached hydrogens (tertiary/aromatic N) is 1. The van der Waals surface area contributed by atoms with Gasteiger partial charge in [-0.2, -0.15) is 0 Å². The van der Waals surface area contributed by atoms with E-state index in [0.29, 0.717) is 0 Å². The third kappa shape index (κ3) is 2.37. The third-order valence-corrected chi connectivity index (χ3v) is 1.88. The zero-order chi connectivity index (χ0) is 9.84. The van der Waals surface area contributed by atoms with Gasteiger partial charge in [0.1, 0.15) is 0 Å². The van der Waals surface area contributed by atoms with Crippen LogP contribution in [0.2, 0.25) is 0 Å². The van der Waals surface area contributed by atoms with Gasteiger partial charge in [0.25, 0.3) is 0 Å². The standard InChI is InChI=1S/C10H15N3/c1-4-10(13-11)9-5-7(2)12-8(3)6-9/h4-6,10,13H,1,11H2,2-3H3. The second kappa shape index (κ2) is 4.16. The Kier molecular flexibility index (Phi) is 3.17. The van der Waals surface area contributed by atoms with Gasteiger partial charge in [0.15, 0.2) is 0 Å². The first-order valence-corrected chi connectivity index (χ1v) is 4.21. The molecule has 1 aromatic rings. The lowest BCUT2D eigenvalue weighted by atomic mass is 10.1. The Morgan fingerprint density at radius 1 is 1.46 bits per heavy atom. The Hall–Kier alpha value is -1.19. The zero-order valence-corrected chi connectivity index (χ0v) is 8.04. The Labute approximate surface area is 78.6 Å². The van der Waals surface area contributed by atoms with Crippen molar-refractivity contribution in [2.24, 2.45) is 5.84 Å². The molecule has 1 atom stereocenters. The topological polar surface area (TPSA) is 50.9 Å². The fourth-order valence-corrected chi connectivity index (χ4v) is 1.35. The van der Waals surface area contributed by atoms with Gasteiger partial charge in [0.05, 0.1) is 6.04 Å². The van der Waals surface area contributed by atoms with Gasteiger partial charge in [-0.1, -0.05) is 6.08 Å². The van der Waals surface area contributed by atoms with E-state index in [0.717, 1.165) is 17.0 Å². The van der Waals surface area contributed by atoms with Crippen LogP contribution in [0.5, 0.6) is 0 Å². The third-order valence-electron chi connectivity index (χ3n) is 1.88. The molecule has 0 saturated carbocycles. The quantitative estimate of drug-likeness (QED) is 0.417. The molecule has 0 amide bonds. The van der Waals surface area contributed by atoms with E-state index >= 15 is 0 Å². The van der Waals surface area contributed by atoms with Gasteiger partial charge in [-0.15, -0.1) is 6.58 Å². The molecule has 0 aliphatic rings. The van der Waals surface area contributed by atoms with Crippen molar-refractivity contribution in [2.75, 3.05) is 0 Å². The van der Waals surface area contributed by atoms with Gasteiger partial charge < -0.3 is 0 Å². The lowest BCUT2D eigenvalue weighted by molar-refractivity contribution is 0.654. The van der Waals surface area contributed by atoms with E-state index in [-0.39, 0.29) is 6.04 Å².